The molecule has 0 aliphatic carbocycles. The van der Waals surface area contributed by atoms with Crippen LogP contribution in [0.1, 0.15) is 29.3 Å². The van der Waals surface area contributed by atoms with Gasteiger partial charge in [-0.2, -0.15) is 11.8 Å². The Morgan fingerprint density at radius 2 is 2.05 bits per heavy atom. The second kappa shape index (κ2) is 7.84. The van der Waals surface area contributed by atoms with E-state index in [2.05, 4.69) is 10.6 Å². The molecule has 1 aromatic rings. The SMILES string of the molecule is CCNC(=O)c1cccc(NC(=O)CCSC)c1C. The maximum atomic E-state index is 11.8. The molecule has 0 unspecified atom stereocenters. The molecule has 0 saturated heterocycles. The maximum Gasteiger partial charge on any atom is 0.251 e. The highest BCUT2D eigenvalue weighted by Gasteiger charge is 2.12. The first-order valence-electron chi connectivity index (χ1n) is 6.26. The second-order valence-electron chi connectivity index (χ2n) is 4.13. The fourth-order valence-electron chi connectivity index (χ4n) is 1.68. The van der Waals surface area contributed by atoms with Crippen molar-refractivity contribution in [1.29, 1.82) is 0 Å². The van der Waals surface area contributed by atoms with E-state index in [9.17, 15) is 9.59 Å². The van der Waals surface area contributed by atoms with Gasteiger partial charge in [-0.1, -0.05) is 6.07 Å². The quantitative estimate of drug-likeness (QED) is 0.841. The first-order chi connectivity index (χ1) is 9.10. The molecule has 4 nitrogen and oxygen atoms in total. The van der Waals surface area contributed by atoms with E-state index in [1.165, 1.54) is 0 Å². The van der Waals surface area contributed by atoms with Gasteiger partial charge in [0.15, 0.2) is 0 Å². The van der Waals surface area contributed by atoms with Crippen molar-refractivity contribution in [3.8, 4) is 0 Å². The van der Waals surface area contributed by atoms with Gasteiger partial charge in [0.1, 0.15) is 0 Å². The van der Waals surface area contributed by atoms with E-state index in [4.69, 9.17) is 0 Å². The Kier molecular flexibility index (Phi) is 6.42. The number of benzene rings is 1. The predicted octanol–water partition coefficient (Wildman–Crippen LogP) is 2.44. The molecule has 0 atom stereocenters. The average Bonchev–Trinajstić information content (AvgIpc) is 2.39. The number of nitrogens with one attached hydrogen (secondary N) is 2. The molecule has 0 bridgehead atoms. The van der Waals surface area contributed by atoms with Crippen LogP contribution < -0.4 is 10.6 Å². The minimum absolute atomic E-state index is 0.0227. The summed E-state index contributed by atoms with van der Waals surface area (Å²) >= 11 is 1.63. The Morgan fingerprint density at radius 1 is 1.32 bits per heavy atom. The number of hydrogen-bond donors (Lipinski definition) is 2. The summed E-state index contributed by atoms with van der Waals surface area (Å²) in [4.78, 5) is 23.6. The lowest BCUT2D eigenvalue weighted by Gasteiger charge is -2.12. The molecule has 0 saturated carbocycles. The summed E-state index contributed by atoms with van der Waals surface area (Å²) < 4.78 is 0. The van der Waals surface area contributed by atoms with Crippen LogP contribution in [0.2, 0.25) is 0 Å². The summed E-state index contributed by atoms with van der Waals surface area (Å²) in [5.41, 5.74) is 2.10. The van der Waals surface area contributed by atoms with Crippen LogP contribution >= 0.6 is 11.8 Å². The largest absolute Gasteiger partial charge is 0.352 e. The summed E-state index contributed by atoms with van der Waals surface area (Å²) in [6.45, 7) is 4.30. The van der Waals surface area contributed by atoms with Crippen molar-refractivity contribution in [3.05, 3.63) is 29.3 Å². The van der Waals surface area contributed by atoms with Gasteiger partial charge in [0.05, 0.1) is 0 Å². The van der Waals surface area contributed by atoms with Crippen LogP contribution in [0.25, 0.3) is 0 Å². The van der Waals surface area contributed by atoms with Crippen molar-refractivity contribution in [2.45, 2.75) is 20.3 Å². The van der Waals surface area contributed by atoms with Crippen LogP contribution in [0.4, 0.5) is 5.69 Å². The van der Waals surface area contributed by atoms with Gasteiger partial charge in [-0.15, -0.1) is 0 Å². The van der Waals surface area contributed by atoms with Crippen LogP contribution in [-0.2, 0) is 4.79 Å². The third kappa shape index (κ3) is 4.59. The lowest BCUT2D eigenvalue weighted by Crippen LogP contribution is -2.24. The third-order valence-electron chi connectivity index (χ3n) is 2.72. The predicted molar refractivity (Wildman–Crippen MR) is 80.8 cm³/mol. The highest BCUT2D eigenvalue weighted by molar-refractivity contribution is 7.98. The van der Waals surface area contributed by atoms with Crippen LogP contribution in [0.5, 0.6) is 0 Å². The fourth-order valence-corrected chi connectivity index (χ4v) is 2.07. The maximum absolute atomic E-state index is 11.8. The number of amides is 2. The van der Waals surface area contributed by atoms with Gasteiger partial charge in [-0.05, 0) is 37.8 Å². The minimum atomic E-state index is -0.111. The lowest BCUT2D eigenvalue weighted by molar-refractivity contribution is -0.115. The van der Waals surface area contributed by atoms with Crippen LogP contribution in [0.3, 0.4) is 0 Å². The standard InChI is InChI=1S/C14H20N2O2S/c1-4-15-14(18)11-6-5-7-12(10(11)2)16-13(17)8-9-19-3/h5-7H,4,8-9H2,1-3H3,(H,15,18)(H,16,17). The topological polar surface area (TPSA) is 58.2 Å². The summed E-state index contributed by atoms with van der Waals surface area (Å²) in [5.74, 6) is 0.659. The Morgan fingerprint density at radius 3 is 2.68 bits per heavy atom. The summed E-state index contributed by atoms with van der Waals surface area (Å²) in [6, 6.07) is 5.36. The van der Waals surface area contributed by atoms with E-state index in [-0.39, 0.29) is 11.8 Å². The molecular formula is C14H20N2O2S. The van der Waals surface area contributed by atoms with Crippen LogP contribution in [-0.4, -0.2) is 30.4 Å². The van der Waals surface area contributed by atoms with Crippen molar-refractivity contribution in [1.82, 2.24) is 5.32 Å². The molecule has 0 aromatic heterocycles. The summed E-state index contributed by atoms with van der Waals surface area (Å²) in [7, 11) is 0. The van der Waals surface area contributed by atoms with E-state index < -0.39 is 0 Å². The van der Waals surface area contributed by atoms with Crippen molar-refractivity contribution >= 4 is 29.3 Å². The zero-order chi connectivity index (χ0) is 14.3. The van der Waals surface area contributed by atoms with Crippen molar-refractivity contribution in [2.75, 3.05) is 23.9 Å². The van der Waals surface area contributed by atoms with Gasteiger partial charge in [-0.25, -0.2) is 0 Å². The number of carbonyl (C=O) groups is 2. The van der Waals surface area contributed by atoms with E-state index in [0.29, 0.717) is 24.2 Å². The molecule has 1 rings (SSSR count). The zero-order valence-electron chi connectivity index (χ0n) is 11.6. The average molecular weight is 280 g/mol. The van der Waals surface area contributed by atoms with Gasteiger partial charge in [0.2, 0.25) is 5.91 Å². The Bertz CT molecular complexity index is 461. The Hall–Kier alpha value is -1.49. The first-order valence-corrected chi connectivity index (χ1v) is 7.66. The van der Waals surface area contributed by atoms with Crippen molar-refractivity contribution in [3.63, 3.8) is 0 Å². The molecule has 1 aromatic carbocycles. The number of hydrogen-bond acceptors (Lipinski definition) is 3. The molecule has 5 heteroatoms. The van der Waals surface area contributed by atoms with Crippen molar-refractivity contribution in [2.24, 2.45) is 0 Å². The minimum Gasteiger partial charge on any atom is -0.352 e. The number of anilines is 1. The Labute approximate surface area is 118 Å². The fraction of sp³-hybridized carbons (Fsp3) is 0.429. The lowest BCUT2D eigenvalue weighted by atomic mass is 10.1. The van der Waals surface area contributed by atoms with Gasteiger partial charge >= 0.3 is 0 Å². The number of thioether (sulfide) groups is 1. The van der Waals surface area contributed by atoms with E-state index >= 15 is 0 Å². The molecule has 2 N–H and O–H groups in total. The van der Waals surface area contributed by atoms with E-state index in [0.717, 1.165) is 11.3 Å². The Balaban J connectivity index is 2.82. The molecular weight excluding hydrogens is 260 g/mol. The van der Waals surface area contributed by atoms with Gasteiger partial charge in [-0.3, -0.25) is 9.59 Å². The third-order valence-corrected chi connectivity index (χ3v) is 3.34. The zero-order valence-corrected chi connectivity index (χ0v) is 12.4. The molecule has 2 amide bonds. The molecule has 0 fully saturated rings. The molecule has 0 aliphatic rings. The molecule has 0 aliphatic heterocycles. The molecule has 0 spiro atoms. The molecule has 0 heterocycles. The summed E-state index contributed by atoms with van der Waals surface area (Å²) in [5, 5.41) is 5.61. The molecule has 104 valence electrons. The highest BCUT2D eigenvalue weighted by atomic mass is 32.2. The summed E-state index contributed by atoms with van der Waals surface area (Å²) in [6.07, 6.45) is 2.44. The van der Waals surface area contributed by atoms with Crippen LogP contribution in [0, 0.1) is 6.92 Å². The van der Waals surface area contributed by atoms with E-state index in [1.807, 2.05) is 26.2 Å². The normalized spacial score (nSPS) is 10.1. The number of carbonyl (C=O) groups excluding carboxylic acids is 2. The van der Waals surface area contributed by atoms with E-state index in [1.54, 1.807) is 23.9 Å². The van der Waals surface area contributed by atoms with Crippen molar-refractivity contribution < 1.29 is 9.59 Å². The van der Waals surface area contributed by atoms with Crippen LogP contribution in [0.15, 0.2) is 18.2 Å². The number of rotatable bonds is 6. The monoisotopic (exact) mass is 280 g/mol. The smallest absolute Gasteiger partial charge is 0.251 e. The molecule has 19 heavy (non-hydrogen) atoms. The highest BCUT2D eigenvalue weighted by Crippen LogP contribution is 2.19. The van der Waals surface area contributed by atoms with Gasteiger partial charge in [0, 0.05) is 30.0 Å². The second-order valence-corrected chi connectivity index (χ2v) is 5.11. The van der Waals surface area contributed by atoms with Gasteiger partial charge in [0.25, 0.3) is 5.91 Å². The molecule has 0 radical (unpaired) electrons. The van der Waals surface area contributed by atoms with Gasteiger partial charge < -0.3 is 10.6 Å². The first kappa shape index (κ1) is 15.6.